The molecule has 0 unspecified atom stereocenters. The summed E-state index contributed by atoms with van der Waals surface area (Å²) in [6.45, 7) is 0. The fraction of sp³-hybridized carbons (Fsp3) is 1.00. The molecule has 1 fully saturated rings. The Hall–Kier alpha value is 0.570. The number of hydrogen-bond acceptors (Lipinski definition) is 4. The first-order valence-electron chi connectivity index (χ1n) is 2.33. The first-order valence-corrected chi connectivity index (χ1v) is 4.46. The molecular formula is C3H8IN2O2-. The molecule has 50 valence electrons. The van der Waals surface area contributed by atoms with E-state index in [1.165, 1.54) is 12.8 Å². The zero-order chi connectivity index (χ0) is 5.82. The maximum atomic E-state index is 4.82. The monoisotopic (exact) mass is 231 g/mol. The quantitative estimate of drug-likeness (QED) is 0.228. The van der Waals surface area contributed by atoms with Crippen LogP contribution < -0.4 is 33.2 Å². The van der Waals surface area contributed by atoms with Crippen LogP contribution in [-0.2, 0) is 8.11 Å². The molecule has 0 radical (unpaired) electrons. The summed E-state index contributed by atoms with van der Waals surface area (Å²) in [6.07, 6.45) is 2.64. The van der Waals surface area contributed by atoms with Gasteiger partial charge >= 0.3 is 58.0 Å². The predicted molar refractivity (Wildman–Crippen MR) is 22.5 cm³/mol. The third kappa shape index (κ3) is 2.78. The number of halogens is 1. The van der Waals surface area contributed by atoms with Gasteiger partial charge in [-0.3, -0.25) is 0 Å². The molecule has 0 aromatic heterocycles. The van der Waals surface area contributed by atoms with Crippen molar-refractivity contribution in [1.29, 1.82) is 0 Å². The Balaban J connectivity index is 1.74. The molecule has 0 saturated heterocycles. The SMILES string of the molecule is NONO[I-]C1CC1. The van der Waals surface area contributed by atoms with Crippen molar-refractivity contribution in [2.75, 3.05) is 0 Å². The van der Waals surface area contributed by atoms with E-state index < -0.39 is 0 Å². The van der Waals surface area contributed by atoms with Gasteiger partial charge in [0, 0.05) is 0 Å². The van der Waals surface area contributed by atoms with E-state index in [0.717, 1.165) is 3.92 Å². The fourth-order valence-electron chi connectivity index (χ4n) is 0.251. The zero-order valence-corrected chi connectivity index (χ0v) is 6.42. The second-order valence-electron chi connectivity index (χ2n) is 1.54. The van der Waals surface area contributed by atoms with Gasteiger partial charge in [0.25, 0.3) is 0 Å². The van der Waals surface area contributed by atoms with Crippen LogP contribution in [0.1, 0.15) is 12.8 Å². The van der Waals surface area contributed by atoms with Crippen LogP contribution in [0.3, 0.4) is 0 Å². The van der Waals surface area contributed by atoms with Crippen LogP contribution >= 0.6 is 0 Å². The van der Waals surface area contributed by atoms with E-state index in [0.29, 0.717) is 0 Å². The van der Waals surface area contributed by atoms with E-state index in [4.69, 9.17) is 3.17 Å². The molecule has 0 spiro atoms. The molecule has 0 aromatic rings. The second kappa shape index (κ2) is 3.57. The van der Waals surface area contributed by atoms with Crippen LogP contribution in [0.25, 0.3) is 0 Å². The molecule has 5 heteroatoms. The van der Waals surface area contributed by atoms with Crippen LogP contribution in [0.5, 0.6) is 0 Å². The summed E-state index contributed by atoms with van der Waals surface area (Å²) in [7, 11) is 0. The Labute approximate surface area is 58.4 Å². The molecule has 4 nitrogen and oxygen atoms in total. The summed E-state index contributed by atoms with van der Waals surface area (Å²) in [4.78, 5) is 3.98. The Morgan fingerprint density at radius 3 is 2.88 bits per heavy atom. The molecule has 1 rings (SSSR count). The van der Waals surface area contributed by atoms with Gasteiger partial charge in [-0.1, -0.05) is 0 Å². The van der Waals surface area contributed by atoms with Crippen LogP contribution in [0.2, 0.25) is 0 Å². The molecular weight excluding hydrogens is 223 g/mol. The zero-order valence-electron chi connectivity index (χ0n) is 4.26. The minimum atomic E-state index is -0.146. The van der Waals surface area contributed by atoms with E-state index in [-0.39, 0.29) is 21.6 Å². The van der Waals surface area contributed by atoms with Gasteiger partial charge in [-0.25, -0.2) is 0 Å². The Kier molecular flexibility index (Phi) is 2.98. The average molecular weight is 231 g/mol. The second-order valence-corrected chi connectivity index (χ2v) is 4.25. The van der Waals surface area contributed by atoms with E-state index in [1.54, 1.807) is 0 Å². The number of nitrogens with one attached hydrogen (secondary N) is 1. The van der Waals surface area contributed by atoms with Crippen LogP contribution in [0.4, 0.5) is 0 Å². The summed E-state index contributed by atoms with van der Waals surface area (Å²) >= 11 is -0.146. The van der Waals surface area contributed by atoms with Gasteiger partial charge < -0.3 is 0 Å². The summed E-state index contributed by atoms with van der Waals surface area (Å²) < 4.78 is 5.66. The van der Waals surface area contributed by atoms with Gasteiger partial charge in [-0.15, -0.1) is 0 Å². The number of hydrogen-bond donors (Lipinski definition) is 2. The molecule has 1 aliphatic rings. The minimum absolute atomic E-state index is 0.146. The summed E-state index contributed by atoms with van der Waals surface area (Å²) in [5, 5.41) is 0. The van der Waals surface area contributed by atoms with Crippen molar-refractivity contribution >= 4 is 0 Å². The normalized spacial score (nSPS) is 19.6. The molecule has 0 aromatic carbocycles. The van der Waals surface area contributed by atoms with Crippen LogP contribution in [0.15, 0.2) is 0 Å². The molecule has 3 N–H and O–H groups in total. The molecule has 1 saturated carbocycles. The first-order chi connectivity index (χ1) is 3.93. The molecule has 0 heterocycles. The number of nitrogens with two attached hydrogens (primary N) is 1. The standard InChI is InChI=1S/C3H8IN2O2/c5-8-6-7-4-3-1-2-3/h3,6H,1-2,5H2/q-1. The van der Waals surface area contributed by atoms with E-state index in [9.17, 15) is 0 Å². The van der Waals surface area contributed by atoms with Crippen molar-refractivity contribution in [3.63, 3.8) is 0 Å². The van der Waals surface area contributed by atoms with E-state index >= 15 is 0 Å². The van der Waals surface area contributed by atoms with Gasteiger partial charge in [0.15, 0.2) is 0 Å². The van der Waals surface area contributed by atoms with Crippen molar-refractivity contribution < 1.29 is 29.7 Å². The summed E-state index contributed by atoms with van der Waals surface area (Å²) in [6, 6.07) is 0. The van der Waals surface area contributed by atoms with Crippen molar-refractivity contribution in [3.05, 3.63) is 0 Å². The first kappa shape index (κ1) is 6.69. The van der Waals surface area contributed by atoms with Crippen LogP contribution in [0, 0.1) is 0 Å². The van der Waals surface area contributed by atoms with Gasteiger partial charge in [-0.2, -0.15) is 0 Å². The molecule has 0 bridgehead atoms. The van der Waals surface area contributed by atoms with Gasteiger partial charge in [-0.05, 0) is 0 Å². The maximum absolute atomic E-state index is 4.82. The van der Waals surface area contributed by atoms with Crippen LogP contribution in [-0.4, -0.2) is 3.92 Å². The van der Waals surface area contributed by atoms with Crippen molar-refractivity contribution in [2.45, 2.75) is 16.8 Å². The molecule has 1 aliphatic carbocycles. The van der Waals surface area contributed by atoms with Crippen molar-refractivity contribution in [2.24, 2.45) is 5.90 Å². The molecule has 0 amide bonds. The van der Waals surface area contributed by atoms with E-state index in [2.05, 4.69) is 16.5 Å². The van der Waals surface area contributed by atoms with Crippen molar-refractivity contribution in [3.8, 4) is 0 Å². The number of rotatable bonds is 4. The Bertz CT molecular complexity index is 68.3. The molecule has 0 atom stereocenters. The Morgan fingerprint density at radius 1 is 1.62 bits per heavy atom. The van der Waals surface area contributed by atoms with Gasteiger partial charge in [0.1, 0.15) is 0 Å². The Morgan fingerprint density at radius 2 is 2.38 bits per heavy atom. The third-order valence-electron chi connectivity index (χ3n) is 0.757. The van der Waals surface area contributed by atoms with Crippen molar-refractivity contribution in [1.82, 2.24) is 5.64 Å². The average Bonchev–Trinajstić information content (AvgIpc) is 2.51. The van der Waals surface area contributed by atoms with Gasteiger partial charge in [0.2, 0.25) is 0 Å². The number of alkyl halides is 1. The van der Waals surface area contributed by atoms with Gasteiger partial charge in [0.05, 0.1) is 0 Å². The third-order valence-corrected chi connectivity index (χ3v) is 3.16. The summed E-state index contributed by atoms with van der Waals surface area (Å²) in [5.74, 6) is 4.62. The predicted octanol–water partition coefficient (Wildman–Crippen LogP) is -3.52. The van der Waals surface area contributed by atoms with E-state index in [1.807, 2.05) is 0 Å². The summed E-state index contributed by atoms with van der Waals surface area (Å²) in [5.41, 5.74) is 2.15. The topological polar surface area (TPSA) is 56.5 Å². The fourth-order valence-corrected chi connectivity index (χ4v) is 1.69. The molecule has 8 heavy (non-hydrogen) atoms. The molecule has 0 aliphatic heterocycles.